The summed E-state index contributed by atoms with van der Waals surface area (Å²) in [6, 6.07) is 10.4. The quantitative estimate of drug-likeness (QED) is 0.670. The van der Waals surface area contributed by atoms with Crippen molar-refractivity contribution in [3.8, 4) is 0 Å². The number of ether oxygens (including phenoxy) is 1. The van der Waals surface area contributed by atoms with Gasteiger partial charge in [0, 0.05) is 25.4 Å². The molecular weight excluding hydrogens is 386 g/mol. The molecular formula is C18H23N3O4S2. The summed E-state index contributed by atoms with van der Waals surface area (Å²) >= 11 is 1.47. The molecule has 4 rings (SSSR count). The van der Waals surface area contributed by atoms with Crippen molar-refractivity contribution < 1.29 is 17.6 Å². The van der Waals surface area contributed by atoms with Crippen LogP contribution in [0.15, 0.2) is 40.0 Å². The van der Waals surface area contributed by atoms with Crippen LogP contribution in [0, 0.1) is 0 Å². The van der Waals surface area contributed by atoms with Gasteiger partial charge in [0.1, 0.15) is 0 Å². The number of benzene rings is 1. The van der Waals surface area contributed by atoms with Crippen LogP contribution in [0.2, 0.25) is 0 Å². The summed E-state index contributed by atoms with van der Waals surface area (Å²) in [5.41, 5.74) is 1.30. The molecule has 1 aromatic heterocycles. The molecule has 7 nitrogen and oxygen atoms in total. The fourth-order valence-electron chi connectivity index (χ4n) is 3.46. The lowest BCUT2D eigenvalue weighted by Crippen LogP contribution is -2.43. The van der Waals surface area contributed by atoms with Crippen LogP contribution in [-0.4, -0.2) is 66.6 Å². The van der Waals surface area contributed by atoms with E-state index in [1.54, 1.807) is 0 Å². The zero-order valence-electron chi connectivity index (χ0n) is 15.0. The fraction of sp³-hybridized carbons (Fsp3) is 0.556. The van der Waals surface area contributed by atoms with Gasteiger partial charge in [-0.25, -0.2) is 8.42 Å². The molecule has 0 spiro atoms. The van der Waals surface area contributed by atoms with E-state index in [0.717, 1.165) is 25.4 Å². The first kappa shape index (κ1) is 18.9. The first-order valence-corrected chi connectivity index (χ1v) is 11.9. The van der Waals surface area contributed by atoms with Crippen LogP contribution in [0.4, 0.5) is 0 Å². The lowest BCUT2D eigenvalue weighted by atomic mass is 10.1. The molecule has 2 aliphatic rings. The van der Waals surface area contributed by atoms with Gasteiger partial charge in [0.25, 0.3) is 5.22 Å². The molecule has 0 unspecified atom stereocenters. The fourth-order valence-corrected chi connectivity index (χ4v) is 5.97. The number of hydrogen-bond acceptors (Lipinski definition) is 8. The van der Waals surface area contributed by atoms with Crippen molar-refractivity contribution in [3.63, 3.8) is 0 Å². The second-order valence-electron chi connectivity index (χ2n) is 7.03. The topological polar surface area (TPSA) is 85.5 Å². The van der Waals surface area contributed by atoms with E-state index in [-0.39, 0.29) is 23.5 Å². The minimum atomic E-state index is -2.96. The number of thioether (sulfide) groups is 1. The minimum absolute atomic E-state index is 0.106. The third-order valence-corrected chi connectivity index (χ3v) is 7.59. The maximum Gasteiger partial charge on any atom is 0.276 e. The molecule has 2 fully saturated rings. The molecule has 0 radical (unpaired) electrons. The van der Waals surface area contributed by atoms with E-state index in [9.17, 15) is 8.42 Å². The first-order chi connectivity index (χ1) is 13.1. The van der Waals surface area contributed by atoms with Gasteiger partial charge in [0.05, 0.1) is 30.1 Å². The van der Waals surface area contributed by atoms with Crippen LogP contribution in [-0.2, 0) is 21.1 Å². The smallest absolute Gasteiger partial charge is 0.276 e. The third-order valence-electron chi connectivity index (χ3n) is 4.87. The number of morpholine rings is 1. The SMILES string of the molecule is O=S1(=O)CC[C@H](c2nnc(SC[C@H]3CN(Cc4ccccc4)CCO3)o2)C1. The van der Waals surface area contributed by atoms with Crippen molar-refractivity contribution >= 4 is 21.6 Å². The summed E-state index contributed by atoms with van der Waals surface area (Å²) in [6.07, 6.45) is 0.670. The van der Waals surface area contributed by atoms with Crippen molar-refractivity contribution in [3.05, 3.63) is 41.8 Å². The van der Waals surface area contributed by atoms with Crippen molar-refractivity contribution in [2.75, 3.05) is 37.0 Å². The molecule has 0 N–H and O–H groups in total. The molecule has 2 aliphatic heterocycles. The first-order valence-electron chi connectivity index (χ1n) is 9.12. The maximum atomic E-state index is 11.6. The number of hydrogen-bond donors (Lipinski definition) is 0. The molecule has 2 saturated heterocycles. The molecule has 9 heteroatoms. The summed E-state index contributed by atoms with van der Waals surface area (Å²) < 4.78 is 34.7. The van der Waals surface area contributed by atoms with Gasteiger partial charge in [0.15, 0.2) is 9.84 Å². The molecule has 0 aliphatic carbocycles. The largest absolute Gasteiger partial charge is 0.416 e. The van der Waals surface area contributed by atoms with Gasteiger partial charge in [-0.3, -0.25) is 4.90 Å². The van der Waals surface area contributed by atoms with Crippen molar-refractivity contribution in [2.24, 2.45) is 0 Å². The Hall–Kier alpha value is -1.42. The number of sulfone groups is 1. The Kier molecular flexibility index (Phi) is 5.82. The highest BCUT2D eigenvalue weighted by Gasteiger charge is 2.33. The van der Waals surface area contributed by atoms with Crippen LogP contribution < -0.4 is 0 Å². The Bertz CT molecular complexity index is 857. The summed E-state index contributed by atoms with van der Waals surface area (Å²) in [7, 11) is -2.96. The van der Waals surface area contributed by atoms with Crippen LogP contribution in [0.25, 0.3) is 0 Å². The van der Waals surface area contributed by atoms with Gasteiger partial charge < -0.3 is 9.15 Å². The van der Waals surface area contributed by atoms with E-state index in [1.165, 1.54) is 17.3 Å². The Morgan fingerprint density at radius 2 is 2.07 bits per heavy atom. The third kappa shape index (κ3) is 5.10. The minimum Gasteiger partial charge on any atom is -0.416 e. The normalized spacial score (nSPS) is 25.6. The van der Waals surface area contributed by atoms with Gasteiger partial charge in [0.2, 0.25) is 5.89 Å². The van der Waals surface area contributed by atoms with E-state index < -0.39 is 9.84 Å². The average molecular weight is 410 g/mol. The molecule has 27 heavy (non-hydrogen) atoms. The van der Waals surface area contributed by atoms with Gasteiger partial charge >= 0.3 is 0 Å². The molecule has 2 atom stereocenters. The lowest BCUT2D eigenvalue weighted by molar-refractivity contribution is -0.0188. The predicted molar refractivity (Wildman–Crippen MR) is 102 cm³/mol. The van der Waals surface area contributed by atoms with E-state index in [4.69, 9.17) is 9.15 Å². The van der Waals surface area contributed by atoms with E-state index >= 15 is 0 Å². The second-order valence-corrected chi connectivity index (χ2v) is 10.2. The van der Waals surface area contributed by atoms with Gasteiger partial charge in [-0.05, 0) is 12.0 Å². The second kappa shape index (κ2) is 8.30. The van der Waals surface area contributed by atoms with Crippen LogP contribution in [0.3, 0.4) is 0 Å². The number of rotatable bonds is 6. The maximum absolute atomic E-state index is 11.6. The van der Waals surface area contributed by atoms with Crippen LogP contribution >= 0.6 is 11.8 Å². The molecule has 0 amide bonds. The van der Waals surface area contributed by atoms with Crippen LogP contribution in [0.5, 0.6) is 0 Å². The molecule has 146 valence electrons. The van der Waals surface area contributed by atoms with E-state index in [1.807, 2.05) is 6.07 Å². The molecule has 0 saturated carbocycles. The molecule has 2 aromatic rings. The highest BCUT2D eigenvalue weighted by Crippen LogP contribution is 2.30. The lowest BCUT2D eigenvalue weighted by Gasteiger charge is -2.32. The summed E-state index contributed by atoms with van der Waals surface area (Å²) in [5.74, 6) is 1.32. The van der Waals surface area contributed by atoms with Gasteiger partial charge in [-0.1, -0.05) is 42.1 Å². The summed E-state index contributed by atoms with van der Waals surface area (Å²) in [6.45, 7) is 3.43. The standard InChI is InChI=1S/C18H23N3O4S2/c22-27(23)9-6-15(13-27)17-19-20-18(25-17)26-12-16-11-21(7-8-24-16)10-14-4-2-1-3-5-14/h1-5,15-16H,6-13H2/t15-,16+/m0/s1. The zero-order valence-corrected chi connectivity index (χ0v) is 16.6. The molecule has 3 heterocycles. The Labute approximate surface area is 163 Å². The van der Waals surface area contributed by atoms with Gasteiger partial charge in [-0.15, -0.1) is 10.2 Å². The average Bonchev–Trinajstić information content (AvgIpc) is 3.27. The zero-order chi connectivity index (χ0) is 18.7. The van der Waals surface area contributed by atoms with Crippen LogP contribution in [0.1, 0.15) is 23.8 Å². The van der Waals surface area contributed by atoms with Crippen molar-refractivity contribution in [1.29, 1.82) is 0 Å². The summed E-state index contributed by atoms with van der Waals surface area (Å²) in [5, 5.41) is 8.59. The van der Waals surface area contributed by atoms with E-state index in [2.05, 4.69) is 39.4 Å². The monoisotopic (exact) mass is 409 g/mol. The number of nitrogens with zero attached hydrogens (tertiary/aromatic N) is 3. The van der Waals surface area contributed by atoms with Gasteiger partial charge in [-0.2, -0.15) is 0 Å². The molecule has 1 aromatic carbocycles. The number of aromatic nitrogens is 2. The Morgan fingerprint density at radius 1 is 1.22 bits per heavy atom. The Morgan fingerprint density at radius 3 is 2.85 bits per heavy atom. The van der Waals surface area contributed by atoms with E-state index in [0.29, 0.717) is 24.1 Å². The predicted octanol–water partition coefficient (Wildman–Crippen LogP) is 1.96. The van der Waals surface area contributed by atoms with Crippen molar-refractivity contribution in [1.82, 2.24) is 15.1 Å². The Balaban J connectivity index is 1.27. The summed E-state index contributed by atoms with van der Waals surface area (Å²) in [4.78, 5) is 2.40. The van der Waals surface area contributed by atoms with Crippen molar-refractivity contribution in [2.45, 2.75) is 30.2 Å². The highest BCUT2D eigenvalue weighted by molar-refractivity contribution is 7.99. The molecule has 0 bridgehead atoms. The highest BCUT2D eigenvalue weighted by atomic mass is 32.2.